The number of fused-ring (bicyclic) bond motifs is 1. The minimum Gasteiger partial charge on any atom is -0.469 e. The van der Waals surface area contributed by atoms with Gasteiger partial charge in [-0.25, -0.2) is 0 Å². The van der Waals surface area contributed by atoms with Crippen LogP contribution in [-0.4, -0.2) is 28.6 Å². The molecule has 2 saturated carbocycles. The van der Waals surface area contributed by atoms with Gasteiger partial charge in [-0.2, -0.15) is 5.10 Å². The first-order valence-electron chi connectivity index (χ1n) is 9.79. The van der Waals surface area contributed by atoms with Gasteiger partial charge in [0.2, 0.25) is 0 Å². The fourth-order valence-electron chi connectivity index (χ4n) is 5.35. The fourth-order valence-corrected chi connectivity index (χ4v) is 5.35. The molecule has 3 rings (SSSR count). The quantitative estimate of drug-likeness (QED) is 0.431. The summed E-state index contributed by atoms with van der Waals surface area (Å²) in [5.74, 6) is -0.217. The van der Waals surface area contributed by atoms with E-state index in [9.17, 15) is 25.0 Å². The number of carbonyl (C=O) groups excluding carboxylic acids is 1. The van der Waals surface area contributed by atoms with Crippen molar-refractivity contribution in [3.05, 3.63) is 38.4 Å². The smallest absolute Gasteiger partial charge is 0.308 e. The van der Waals surface area contributed by atoms with Gasteiger partial charge in [0.25, 0.3) is 5.69 Å². The van der Waals surface area contributed by atoms with E-state index in [1.807, 2.05) is 0 Å². The molecule has 162 valence electrons. The molecule has 0 amide bonds. The molecule has 0 unspecified atom stereocenters. The van der Waals surface area contributed by atoms with Crippen LogP contribution in [0.2, 0.25) is 0 Å². The zero-order chi connectivity index (χ0) is 22.4. The number of nitrogens with one attached hydrogen (secondary N) is 1. The molecule has 0 aromatic heterocycles. The first kappa shape index (κ1) is 21.7. The third kappa shape index (κ3) is 3.10. The molecule has 0 spiro atoms. The Balaban J connectivity index is 1.89. The molecule has 30 heavy (non-hydrogen) atoms. The summed E-state index contributed by atoms with van der Waals surface area (Å²) in [6.45, 7) is 8.45. The van der Waals surface area contributed by atoms with E-state index in [1.165, 1.54) is 19.2 Å². The molecule has 0 saturated heterocycles. The molecule has 10 nitrogen and oxygen atoms in total. The number of rotatable bonds is 5. The second kappa shape index (κ2) is 7.33. The molecule has 2 aliphatic carbocycles. The highest BCUT2D eigenvalue weighted by molar-refractivity contribution is 5.92. The molecular weight excluding hydrogens is 392 g/mol. The van der Waals surface area contributed by atoms with Gasteiger partial charge in [0, 0.05) is 17.7 Å². The van der Waals surface area contributed by atoms with Gasteiger partial charge in [-0.1, -0.05) is 27.7 Å². The van der Waals surface area contributed by atoms with Gasteiger partial charge in [0.1, 0.15) is 5.69 Å². The third-order valence-electron chi connectivity index (χ3n) is 7.77. The van der Waals surface area contributed by atoms with Crippen molar-refractivity contribution in [3.8, 4) is 0 Å². The third-order valence-corrected chi connectivity index (χ3v) is 7.77. The molecule has 5 atom stereocenters. The average Bonchev–Trinajstić information content (AvgIpc) is 3.03. The Labute approximate surface area is 174 Å². The van der Waals surface area contributed by atoms with E-state index < -0.39 is 15.5 Å². The number of nitro benzene ring substituents is 2. The van der Waals surface area contributed by atoms with E-state index in [0.717, 1.165) is 11.8 Å². The number of hydrogen-bond donors (Lipinski definition) is 1. The number of nitrogens with zero attached hydrogens (tertiary/aromatic N) is 3. The number of benzene rings is 1. The fraction of sp³-hybridized carbons (Fsp3) is 0.600. The molecule has 2 fully saturated rings. The van der Waals surface area contributed by atoms with Gasteiger partial charge in [-0.05, 0) is 35.7 Å². The lowest BCUT2D eigenvalue weighted by Gasteiger charge is -2.39. The Morgan fingerprint density at radius 2 is 1.87 bits per heavy atom. The van der Waals surface area contributed by atoms with Crippen LogP contribution in [0.4, 0.5) is 17.1 Å². The monoisotopic (exact) mass is 418 g/mol. The van der Waals surface area contributed by atoms with Crippen LogP contribution in [0.5, 0.6) is 0 Å². The van der Waals surface area contributed by atoms with Gasteiger partial charge in [-0.3, -0.25) is 30.4 Å². The van der Waals surface area contributed by atoms with Gasteiger partial charge in [0.05, 0.1) is 28.9 Å². The number of anilines is 1. The Hall–Kier alpha value is -3.04. The molecule has 10 heteroatoms. The summed E-state index contributed by atoms with van der Waals surface area (Å²) in [5.41, 5.74) is 2.60. The number of hydrogen-bond acceptors (Lipinski definition) is 8. The van der Waals surface area contributed by atoms with E-state index >= 15 is 0 Å². The van der Waals surface area contributed by atoms with Crippen LogP contribution >= 0.6 is 0 Å². The van der Waals surface area contributed by atoms with E-state index in [-0.39, 0.29) is 45.9 Å². The number of ether oxygens (including phenoxy) is 1. The second-order valence-electron chi connectivity index (χ2n) is 8.79. The van der Waals surface area contributed by atoms with Crippen molar-refractivity contribution >= 4 is 28.7 Å². The van der Waals surface area contributed by atoms with Crippen molar-refractivity contribution < 1.29 is 19.4 Å². The van der Waals surface area contributed by atoms with E-state index in [0.29, 0.717) is 12.8 Å². The summed E-state index contributed by atoms with van der Waals surface area (Å²) in [6.07, 6.45) is 1.34. The summed E-state index contributed by atoms with van der Waals surface area (Å²) in [5, 5.41) is 26.7. The number of methoxy groups -OCH3 is 1. The topological polar surface area (TPSA) is 137 Å². The maximum Gasteiger partial charge on any atom is 0.308 e. The van der Waals surface area contributed by atoms with Crippen molar-refractivity contribution in [1.82, 2.24) is 0 Å². The Morgan fingerprint density at radius 3 is 2.40 bits per heavy atom. The van der Waals surface area contributed by atoms with Crippen molar-refractivity contribution in [1.29, 1.82) is 0 Å². The molecule has 1 aromatic rings. The molecule has 0 heterocycles. The maximum atomic E-state index is 12.2. The number of nitro groups is 2. The summed E-state index contributed by atoms with van der Waals surface area (Å²) in [7, 11) is 1.41. The van der Waals surface area contributed by atoms with Crippen LogP contribution in [0.3, 0.4) is 0 Å². The first-order chi connectivity index (χ1) is 14.0. The maximum absolute atomic E-state index is 12.2. The van der Waals surface area contributed by atoms with Gasteiger partial charge >= 0.3 is 11.7 Å². The second-order valence-corrected chi connectivity index (χ2v) is 8.79. The zero-order valence-corrected chi connectivity index (χ0v) is 17.7. The summed E-state index contributed by atoms with van der Waals surface area (Å²) < 4.78 is 5.00. The number of carbonyl (C=O) groups is 1. The lowest BCUT2D eigenvalue weighted by atomic mass is 9.65. The van der Waals surface area contributed by atoms with Crippen molar-refractivity contribution in [2.75, 3.05) is 12.5 Å². The highest BCUT2D eigenvalue weighted by Gasteiger charge is 2.65. The lowest BCUT2D eigenvalue weighted by molar-refractivity contribution is -0.393. The first-order valence-corrected chi connectivity index (χ1v) is 9.79. The van der Waals surface area contributed by atoms with Gasteiger partial charge in [0.15, 0.2) is 0 Å². The number of non-ortho nitro benzene ring substituents is 1. The minimum absolute atomic E-state index is 0.0456. The Bertz CT molecular complexity index is 945. The summed E-state index contributed by atoms with van der Waals surface area (Å²) >= 11 is 0. The lowest BCUT2D eigenvalue weighted by Crippen LogP contribution is -2.34. The normalized spacial score (nSPS) is 33.9. The van der Waals surface area contributed by atoms with Gasteiger partial charge < -0.3 is 4.74 Å². The predicted molar refractivity (Wildman–Crippen MR) is 110 cm³/mol. The average molecular weight is 418 g/mol. The summed E-state index contributed by atoms with van der Waals surface area (Å²) in [6, 6.07) is 3.41. The van der Waals surface area contributed by atoms with Crippen molar-refractivity contribution in [3.63, 3.8) is 0 Å². The molecular formula is C20H26N4O6. The highest BCUT2D eigenvalue weighted by atomic mass is 16.6. The predicted octanol–water partition coefficient (Wildman–Crippen LogP) is 4.15. The standard InChI is InChI=1S/C20H26N4O6/c1-11-14(18(25)30-5)9-19(3)12(2)16(10-20(11,19)4)22-21-15-7-6-13(23(26)27)8-17(15)24(28)29/h6-8,11-12,14,21H,9-10H2,1-5H3/t11-,12-,14+,19-,20-/m1/s1. The largest absolute Gasteiger partial charge is 0.469 e. The number of hydrazone groups is 1. The Kier molecular flexibility index (Phi) is 5.30. The molecule has 1 aromatic carbocycles. The highest BCUT2D eigenvalue weighted by Crippen LogP contribution is 2.68. The van der Waals surface area contributed by atoms with E-state index in [2.05, 4.69) is 38.2 Å². The van der Waals surface area contributed by atoms with Crippen LogP contribution in [0.1, 0.15) is 40.5 Å². The Morgan fingerprint density at radius 1 is 1.20 bits per heavy atom. The minimum atomic E-state index is -0.677. The SMILES string of the molecule is COC(=O)[C@H]1C[C@]2(C)[C@H](C)C(=NNc3ccc([N+](=O)[O-])cc3[N+](=O)[O-])C[C@]2(C)[C@@H]1C. The molecule has 2 aliphatic rings. The van der Waals surface area contributed by atoms with E-state index in [1.54, 1.807) is 0 Å². The molecule has 1 N–H and O–H groups in total. The molecule has 0 aliphatic heterocycles. The van der Waals surface area contributed by atoms with Crippen molar-refractivity contribution in [2.24, 2.45) is 33.7 Å². The van der Waals surface area contributed by atoms with E-state index in [4.69, 9.17) is 4.74 Å². The zero-order valence-electron chi connectivity index (χ0n) is 17.7. The molecule has 0 radical (unpaired) electrons. The van der Waals surface area contributed by atoms with Crippen LogP contribution in [0, 0.1) is 48.8 Å². The van der Waals surface area contributed by atoms with Crippen LogP contribution in [-0.2, 0) is 9.53 Å². The van der Waals surface area contributed by atoms with Crippen molar-refractivity contribution in [2.45, 2.75) is 40.5 Å². The van der Waals surface area contributed by atoms with Crippen LogP contribution in [0.25, 0.3) is 0 Å². The van der Waals surface area contributed by atoms with Gasteiger partial charge in [-0.15, -0.1) is 0 Å². The van der Waals surface area contributed by atoms with Crippen LogP contribution < -0.4 is 5.43 Å². The molecule has 0 bridgehead atoms. The summed E-state index contributed by atoms with van der Waals surface area (Å²) in [4.78, 5) is 33.1. The number of esters is 1. The van der Waals surface area contributed by atoms with Crippen LogP contribution in [0.15, 0.2) is 23.3 Å².